The third kappa shape index (κ3) is 1.80. The molecule has 3 heterocycles. The largest absolute Gasteiger partial charge is 0.262 e. The van der Waals surface area contributed by atoms with E-state index < -0.39 is 0 Å². The fourth-order valence-electron chi connectivity index (χ4n) is 2.27. The van der Waals surface area contributed by atoms with Crippen LogP contribution in [0.25, 0.3) is 17.2 Å². The van der Waals surface area contributed by atoms with Crippen LogP contribution in [0, 0.1) is 6.92 Å². The number of pyridine rings is 1. The van der Waals surface area contributed by atoms with Crippen LogP contribution >= 0.6 is 0 Å². The Morgan fingerprint density at radius 2 is 2.20 bits per heavy atom. The van der Waals surface area contributed by atoms with Gasteiger partial charge >= 0.3 is 0 Å². The van der Waals surface area contributed by atoms with Crippen LogP contribution in [-0.2, 0) is 0 Å². The van der Waals surface area contributed by atoms with Crippen molar-refractivity contribution in [3.8, 4) is 17.2 Å². The molecule has 3 aromatic heterocycles. The lowest BCUT2D eigenvalue weighted by Crippen LogP contribution is -2.01. The van der Waals surface area contributed by atoms with Gasteiger partial charge in [-0.15, -0.1) is 0 Å². The van der Waals surface area contributed by atoms with E-state index in [9.17, 15) is 0 Å². The van der Waals surface area contributed by atoms with Crippen LogP contribution < -0.4 is 0 Å². The Morgan fingerprint density at radius 3 is 2.95 bits per heavy atom. The molecule has 100 valence electrons. The molecule has 0 saturated heterocycles. The second-order valence-electron chi connectivity index (χ2n) is 5.06. The SMILES string of the molecule is Cc1c(-c2n[nH]c(C3CC3)n2)cnn1-c1ccccn1. The van der Waals surface area contributed by atoms with Crippen molar-refractivity contribution in [2.45, 2.75) is 25.7 Å². The van der Waals surface area contributed by atoms with Crippen LogP contribution in [0.2, 0.25) is 0 Å². The molecule has 1 aliphatic carbocycles. The smallest absolute Gasteiger partial charge is 0.184 e. The first-order chi connectivity index (χ1) is 9.83. The van der Waals surface area contributed by atoms with Crippen LogP contribution in [0.3, 0.4) is 0 Å². The van der Waals surface area contributed by atoms with E-state index in [4.69, 9.17) is 0 Å². The van der Waals surface area contributed by atoms with Gasteiger partial charge in [-0.1, -0.05) is 6.07 Å². The zero-order valence-corrected chi connectivity index (χ0v) is 11.1. The van der Waals surface area contributed by atoms with Gasteiger partial charge in [0.05, 0.1) is 17.5 Å². The highest BCUT2D eigenvalue weighted by atomic mass is 15.3. The second-order valence-corrected chi connectivity index (χ2v) is 5.06. The van der Waals surface area contributed by atoms with Gasteiger partial charge in [0.1, 0.15) is 5.82 Å². The molecule has 1 N–H and O–H groups in total. The van der Waals surface area contributed by atoms with Gasteiger partial charge in [0.2, 0.25) is 0 Å². The second kappa shape index (κ2) is 4.26. The molecule has 0 aliphatic heterocycles. The van der Waals surface area contributed by atoms with E-state index in [1.807, 2.05) is 29.8 Å². The van der Waals surface area contributed by atoms with E-state index in [-0.39, 0.29) is 0 Å². The molecule has 0 radical (unpaired) electrons. The van der Waals surface area contributed by atoms with Crippen molar-refractivity contribution in [2.75, 3.05) is 0 Å². The van der Waals surface area contributed by atoms with Crippen LogP contribution in [0.4, 0.5) is 0 Å². The Labute approximate surface area is 115 Å². The normalized spacial score (nSPS) is 14.7. The summed E-state index contributed by atoms with van der Waals surface area (Å²) in [4.78, 5) is 8.88. The number of nitrogens with one attached hydrogen (secondary N) is 1. The van der Waals surface area contributed by atoms with E-state index in [1.165, 1.54) is 12.8 Å². The number of aromatic amines is 1. The van der Waals surface area contributed by atoms with Crippen molar-refractivity contribution < 1.29 is 0 Å². The summed E-state index contributed by atoms with van der Waals surface area (Å²) in [6.07, 6.45) is 5.97. The Hall–Kier alpha value is -2.50. The Kier molecular flexibility index (Phi) is 2.42. The summed E-state index contributed by atoms with van der Waals surface area (Å²) in [7, 11) is 0. The molecular formula is C14H14N6. The van der Waals surface area contributed by atoms with Gasteiger partial charge in [0, 0.05) is 12.1 Å². The summed E-state index contributed by atoms with van der Waals surface area (Å²) in [5, 5.41) is 11.7. The zero-order chi connectivity index (χ0) is 13.5. The van der Waals surface area contributed by atoms with Gasteiger partial charge in [-0.3, -0.25) is 5.10 Å². The molecule has 0 atom stereocenters. The third-order valence-electron chi connectivity index (χ3n) is 3.58. The maximum atomic E-state index is 4.57. The molecular weight excluding hydrogens is 252 g/mol. The third-order valence-corrected chi connectivity index (χ3v) is 3.58. The molecule has 6 nitrogen and oxygen atoms in total. The molecule has 6 heteroatoms. The van der Waals surface area contributed by atoms with Crippen molar-refractivity contribution in [3.63, 3.8) is 0 Å². The number of aromatic nitrogens is 6. The van der Waals surface area contributed by atoms with Crippen molar-refractivity contribution in [3.05, 3.63) is 42.1 Å². The molecule has 1 saturated carbocycles. The Morgan fingerprint density at radius 1 is 1.30 bits per heavy atom. The number of hydrogen-bond donors (Lipinski definition) is 1. The number of hydrogen-bond acceptors (Lipinski definition) is 4. The van der Waals surface area contributed by atoms with E-state index in [0.717, 1.165) is 22.9 Å². The van der Waals surface area contributed by atoms with Crippen LogP contribution in [-0.4, -0.2) is 29.9 Å². The van der Waals surface area contributed by atoms with E-state index in [1.54, 1.807) is 12.4 Å². The van der Waals surface area contributed by atoms with Gasteiger partial charge in [-0.05, 0) is 31.9 Å². The predicted octanol–water partition coefficient (Wildman–Crippen LogP) is 2.24. The predicted molar refractivity (Wildman–Crippen MR) is 73.4 cm³/mol. The Bertz CT molecular complexity index is 738. The van der Waals surface area contributed by atoms with Crippen molar-refractivity contribution >= 4 is 0 Å². The van der Waals surface area contributed by atoms with Crippen LogP contribution in [0.1, 0.15) is 30.3 Å². The minimum Gasteiger partial charge on any atom is -0.262 e. The van der Waals surface area contributed by atoms with E-state index >= 15 is 0 Å². The lowest BCUT2D eigenvalue weighted by Gasteiger charge is -2.02. The van der Waals surface area contributed by atoms with Gasteiger partial charge in [-0.2, -0.15) is 10.2 Å². The molecule has 0 aromatic carbocycles. The first-order valence-corrected chi connectivity index (χ1v) is 6.71. The molecule has 1 aliphatic rings. The van der Waals surface area contributed by atoms with Gasteiger partial charge < -0.3 is 0 Å². The number of nitrogens with zero attached hydrogens (tertiary/aromatic N) is 5. The summed E-state index contributed by atoms with van der Waals surface area (Å²) in [5.41, 5.74) is 1.93. The first-order valence-electron chi connectivity index (χ1n) is 6.71. The molecule has 0 spiro atoms. The lowest BCUT2D eigenvalue weighted by molar-refractivity contribution is 0.817. The van der Waals surface area contributed by atoms with Gasteiger partial charge in [0.15, 0.2) is 11.6 Å². The molecule has 20 heavy (non-hydrogen) atoms. The summed E-state index contributed by atoms with van der Waals surface area (Å²) in [6, 6.07) is 5.76. The minimum absolute atomic E-state index is 0.572. The lowest BCUT2D eigenvalue weighted by atomic mass is 10.2. The van der Waals surface area contributed by atoms with Gasteiger partial charge in [0.25, 0.3) is 0 Å². The summed E-state index contributed by atoms with van der Waals surface area (Å²) in [5.74, 6) is 3.08. The maximum absolute atomic E-state index is 4.57. The highest BCUT2D eigenvalue weighted by Crippen LogP contribution is 2.38. The van der Waals surface area contributed by atoms with Crippen molar-refractivity contribution in [2.24, 2.45) is 0 Å². The Balaban J connectivity index is 1.74. The highest BCUT2D eigenvalue weighted by molar-refractivity contribution is 5.57. The molecule has 4 rings (SSSR count). The molecule has 0 unspecified atom stereocenters. The number of rotatable bonds is 3. The number of H-pyrrole nitrogens is 1. The van der Waals surface area contributed by atoms with Crippen molar-refractivity contribution in [1.82, 2.24) is 29.9 Å². The summed E-state index contributed by atoms with van der Waals surface area (Å²) in [6.45, 7) is 2.00. The fraction of sp³-hybridized carbons (Fsp3) is 0.286. The summed E-state index contributed by atoms with van der Waals surface area (Å²) >= 11 is 0. The summed E-state index contributed by atoms with van der Waals surface area (Å²) < 4.78 is 1.81. The quantitative estimate of drug-likeness (QED) is 0.789. The zero-order valence-electron chi connectivity index (χ0n) is 11.1. The average Bonchev–Trinajstić information content (AvgIpc) is 3.09. The highest BCUT2D eigenvalue weighted by Gasteiger charge is 2.27. The molecule has 0 amide bonds. The van der Waals surface area contributed by atoms with E-state index in [0.29, 0.717) is 11.7 Å². The van der Waals surface area contributed by atoms with Crippen molar-refractivity contribution in [1.29, 1.82) is 0 Å². The van der Waals surface area contributed by atoms with Crippen LogP contribution in [0.15, 0.2) is 30.6 Å². The first kappa shape index (κ1) is 11.3. The standard InChI is InChI=1S/C14H14N6/c1-9-11(14-17-13(18-19-14)10-5-6-10)8-16-20(9)12-4-2-3-7-15-12/h2-4,7-8,10H,5-6H2,1H3,(H,17,18,19). The molecule has 0 bridgehead atoms. The fourth-order valence-corrected chi connectivity index (χ4v) is 2.27. The monoisotopic (exact) mass is 266 g/mol. The van der Waals surface area contributed by atoms with E-state index in [2.05, 4.69) is 25.3 Å². The van der Waals surface area contributed by atoms with Gasteiger partial charge in [-0.25, -0.2) is 14.6 Å². The molecule has 3 aromatic rings. The maximum Gasteiger partial charge on any atom is 0.184 e. The average molecular weight is 266 g/mol. The van der Waals surface area contributed by atoms with Crippen LogP contribution in [0.5, 0.6) is 0 Å². The topological polar surface area (TPSA) is 72.3 Å². The molecule has 1 fully saturated rings. The minimum atomic E-state index is 0.572.